The van der Waals surface area contributed by atoms with Gasteiger partial charge in [-0.2, -0.15) is 0 Å². The number of rotatable bonds is 5. The average molecular weight is 354 g/mol. The monoisotopic (exact) mass is 353 g/mol. The summed E-state index contributed by atoms with van der Waals surface area (Å²) >= 11 is 5.19. The Labute approximate surface area is 130 Å². The lowest BCUT2D eigenvalue weighted by molar-refractivity contribution is 0.316. The van der Waals surface area contributed by atoms with Crippen LogP contribution in [0.3, 0.4) is 0 Å². The molecule has 0 aliphatic rings. The van der Waals surface area contributed by atoms with E-state index in [2.05, 4.69) is 44.5 Å². The van der Waals surface area contributed by atoms with Crippen molar-refractivity contribution in [3.63, 3.8) is 0 Å². The summed E-state index contributed by atoms with van der Waals surface area (Å²) in [4.78, 5) is 3.49. The summed E-state index contributed by atoms with van der Waals surface area (Å²) in [6.45, 7) is 1.60. The fourth-order valence-electron chi connectivity index (χ4n) is 2.01. The van der Waals surface area contributed by atoms with Gasteiger partial charge in [-0.25, -0.2) is 0 Å². The molecule has 1 heterocycles. The standard InChI is InChI=1S/C14H16BrN3OS/c1-18(8-12-6-11(15)9-20-12)7-10-4-2-3-5-13(10)14(16)17-19/h2-6,9,19H,7-8H2,1H3,(H2,16,17). The normalized spacial score (nSPS) is 12.1. The molecule has 2 rings (SSSR count). The first-order chi connectivity index (χ1) is 9.60. The van der Waals surface area contributed by atoms with Crippen LogP contribution in [0, 0.1) is 0 Å². The maximum Gasteiger partial charge on any atom is 0.170 e. The van der Waals surface area contributed by atoms with Gasteiger partial charge in [-0.3, -0.25) is 4.90 Å². The lowest BCUT2D eigenvalue weighted by atomic mass is 10.1. The van der Waals surface area contributed by atoms with Crippen LogP contribution in [-0.4, -0.2) is 23.0 Å². The van der Waals surface area contributed by atoms with Crippen molar-refractivity contribution in [3.8, 4) is 0 Å². The first-order valence-electron chi connectivity index (χ1n) is 6.07. The van der Waals surface area contributed by atoms with Crippen LogP contribution < -0.4 is 5.73 Å². The number of thiophene rings is 1. The largest absolute Gasteiger partial charge is 0.409 e. The number of nitrogens with zero attached hydrogens (tertiary/aromatic N) is 2. The summed E-state index contributed by atoms with van der Waals surface area (Å²) in [5.41, 5.74) is 7.52. The predicted octanol–water partition coefficient (Wildman–Crippen LogP) is 3.24. The maximum atomic E-state index is 8.83. The van der Waals surface area contributed by atoms with E-state index in [9.17, 15) is 0 Å². The summed E-state index contributed by atoms with van der Waals surface area (Å²) in [6.07, 6.45) is 0. The van der Waals surface area contributed by atoms with Gasteiger partial charge in [0.2, 0.25) is 0 Å². The molecule has 106 valence electrons. The molecule has 0 spiro atoms. The molecule has 1 aromatic carbocycles. The molecule has 0 radical (unpaired) electrons. The average Bonchev–Trinajstić information content (AvgIpc) is 2.83. The number of oxime groups is 1. The second-order valence-electron chi connectivity index (χ2n) is 4.55. The Morgan fingerprint density at radius 3 is 2.80 bits per heavy atom. The van der Waals surface area contributed by atoms with Crippen molar-refractivity contribution in [3.05, 3.63) is 56.2 Å². The van der Waals surface area contributed by atoms with Crippen molar-refractivity contribution in [2.24, 2.45) is 10.9 Å². The van der Waals surface area contributed by atoms with Crippen molar-refractivity contribution in [1.82, 2.24) is 4.90 Å². The Bertz CT molecular complexity index is 612. The highest BCUT2D eigenvalue weighted by molar-refractivity contribution is 9.10. The fourth-order valence-corrected chi connectivity index (χ4v) is 3.54. The summed E-state index contributed by atoms with van der Waals surface area (Å²) < 4.78 is 1.11. The van der Waals surface area contributed by atoms with Gasteiger partial charge in [0.05, 0.1) is 0 Å². The minimum absolute atomic E-state index is 0.146. The molecule has 0 saturated carbocycles. The van der Waals surface area contributed by atoms with Crippen molar-refractivity contribution in [1.29, 1.82) is 0 Å². The van der Waals surface area contributed by atoms with E-state index in [0.29, 0.717) is 0 Å². The quantitative estimate of drug-likeness (QED) is 0.375. The molecule has 20 heavy (non-hydrogen) atoms. The molecule has 0 aliphatic carbocycles. The van der Waals surface area contributed by atoms with Gasteiger partial charge in [0.15, 0.2) is 5.84 Å². The van der Waals surface area contributed by atoms with Crippen LogP contribution >= 0.6 is 27.3 Å². The van der Waals surface area contributed by atoms with Gasteiger partial charge < -0.3 is 10.9 Å². The number of amidine groups is 1. The third-order valence-electron chi connectivity index (χ3n) is 2.89. The highest BCUT2D eigenvalue weighted by Crippen LogP contribution is 2.21. The first kappa shape index (κ1) is 15.0. The Morgan fingerprint density at radius 2 is 2.15 bits per heavy atom. The van der Waals surface area contributed by atoms with E-state index in [-0.39, 0.29) is 5.84 Å². The number of hydrogen-bond acceptors (Lipinski definition) is 4. The molecular formula is C14H16BrN3OS. The van der Waals surface area contributed by atoms with E-state index < -0.39 is 0 Å². The number of hydrogen-bond donors (Lipinski definition) is 2. The molecule has 0 saturated heterocycles. The van der Waals surface area contributed by atoms with E-state index in [4.69, 9.17) is 10.9 Å². The third-order valence-corrected chi connectivity index (χ3v) is 4.57. The molecule has 0 aliphatic heterocycles. The number of halogens is 1. The van der Waals surface area contributed by atoms with E-state index in [1.807, 2.05) is 24.3 Å². The van der Waals surface area contributed by atoms with Crippen LogP contribution in [0.5, 0.6) is 0 Å². The first-order valence-corrected chi connectivity index (χ1v) is 7.74. The topological polar surface area (TPSA) is 61.8 Å². The number of nitrogens with two attached hydrogens (primary N) is 1. The van der Waals surface area contributed by atoms with Gasteiger partial charge in [-0.15, -0.1) is 11.3 Å². The molecule has 0 bridgehead atoms. The van der Waals surface area contributed by atoms with Crippen molar-refractivity contribution >= 4 is 33.1 Å². The zero-order valence-corrected chi connectivity index (χ0v) is 13.5. The minimum Gasteiger partial charge on any atom is -0.409 e. The van der Waals surface area contributed by atoms with Crippen LogP contribution in [0.2, 0.25) is 0 Å². The van der Waals surface area contributed by atoms with Crippen LogP contribution in [0.1, 0.15) is 16.0 Å². The molecule has 3 N–H and O–H groups in total. The Morgan fingerprint density at radius 1 is 1.40 bits per heavy atom. The second kappa shape index (κ2) is 6.88. The molecule has 6 heteroatoms. The lowest BCUT2D eigenvalue weighted by Crippen LogP contribution is -2.21. The van der Waals surface area contributed by atoms with E-state index >= 15 is 0 Å². The zero-order chi connectivity index (χ0) is 14.5. The van der Waals surface area contributed by atoms with Gasteiger partial charge in [0.1, 0.15) is 0 Å². The lowest BCUT2D eigenvalue weighted by Gasteiger charge is -2.17. The predicted molar refractivity (Wildman–Crippen MR) is 86.1 cm³/mol. The van der Waals surface area contributed by atoms with Gasteiger partial charge in [-0.05, 0) is 34.6 Å². The van der Waals surface area contributed by atoms with Gasteiger partial charge in [0.25, 0.3) is 0 Å². The third kappa shape index (κ3) is 3.82. The van der Waals surface area contributed by atoms with Crippen molar-refractivity contribution in [2.45, 2.75) is 13.1 Å². The van der Waals surface area contributed by atoms with Crippen LogP contribution in [0.25, 0.3) is 0 Å². The fraction of sp³-hybridized carbons (Fsp3) is 0.214. The van der Waals surface area contributed by atoms with E-state index in [1.54, 1.807) is 11.3 Å². The highest BCUT2D eigenvalue weighted by atomic mass is 79.9. The minimum atomic E-state index is 0.146. The molecule has 0 unspecified atom stereocenters. The van der Waals surface area contributed by atoms with Gasteiger partial charge >= 0.3 is 0 Å². The maximum absolute atomic E-state index is 8.83. The Kier molecular flexibility index (Phi) is 5.17. The molecule has 4 nitrogen and oxygen atoms in total. The summed E-state index contributed by atoms with van der Waals surface area (Å²) in [6, 6.07) is 9.82. The van der Waals surface area contributed by atoms with Crippen LogP contribution in [0.15, 0.2) is 45.3 Å². The second-order valence-corrected chi connectivity index (χ2v) is 6.46. The molecular weight excluding hydrogens is 338 g/mol. The molecule has 0 atom stereocenters. The molecule has 0 fully saturated rings. The molecule has 2 aromatic rings. The highest BCUT2D eigenvalue weighted by Gasteiger charge is 2.09. The Balaban J connectivity index is 2.09. The zero-order valence-electron chi connectivity index (χ0n) is 11.1. The van der Waals surface area contributed by atoms with Crippen LogP contribution in [0.4, 0.5) is 0 Å². The smallest absolute Gasteiger partial charge is 0.170 e. The summed E-state index contributed by atoms with van der Waals surface area (Å²) in [5.74, 6) is 0.146. The molecule has 1 aromatic heterocycles. The van der Waals surface area contributed by atoms with E-state index in [0.717, 1.165) is 28.7 Å². The van der Waals surface area contributed by atoms with E-state index in [1.165, 1.54) is 4.88 Å². The van der Waals surface area contributed by atoms with Crippen molar-refractivity contribution in [2.75, 3.05) is 7.05 Å². The molecule has 0 amide bonds. The summed E-state index contributed by atoms with van der Waals surface area (Å²) in [5, 5.41) is 14.0. The number of benzene rings is 1. The Hall–Kier alpha value is -1.37. The van der Waals surface area contributed by atoms with Crippen molar-refractivity contribution < 1.29 is 5.21 Å². The van der Waals surface area contributed by atoms with Crippen LogP contribution in [-0.2, 0) is 13.1 Å². The SMILES string of the molecule is CN(Cc1cc(Br)cs1)Cc1ccccc1C(N)=NO. The van der Waals surface area contributed by atoms with Gasteiger partial charge in [-0.1, -0.05) is 29.4 Å². The van der Waals surface area contributed by atoms with Gasteiger partial charge in [0, 0.05) is 33.4 Å². The summed E-state index contributed by atoms with van der Waals surface area (Å²) in [7, 11) is 2.05.